The van der Waals surface area contributed by atoms with Crippen molar-refractivity contribution < 1.29 is 4.57 Å². The fourth-order valence-corrected chi connectivity index (χ4v) is 0.846. The highest BCUT2D eigenvalue weighted by Crippen LogP contribution is 2.01. The second-order valence-electron chi connectivity index (χ2n) is 3.45. The van der Waals surface area contributed by atoms with Crippen molar-refractivity contribution >= 4 is 0 Å². The normalized spacial score (nSPS) is 11.5. The summed E-state index contributed by atoms with van der Waals surface area (Å²) < 4.78 is 2.19. The molecule has 0 N–H and O–H groups in total. The lowest BCUT2D eigenvalue weighted by Crippen LogP contribution is -2.49. The van der Waals surface area contributed by atoms with E-state index in [1.807, 2.05) is 18.2 Å². The molecule has 10 heavy (non-hydrogen) atoms. The molecule has 54 valence electrons. The molecule has 0 saturated heterocycles. The topological polar surface area (TPSA) is 3.88 Å². The van der Waals surface area contributed by atoms with Gasteiger partial charge in [0.25, 0.3) is 0 Å². The number of hydrogen-bond acceptors (Lipinski definition) is 0. The summed E-state index contributed by atoms with van der Waals surface area (Å²) in [6.07, 6.45) is 4.17. The quantitative estimate of drug-likeness (QED) is 0.478. The van der Waals surface area contributed by atoms with Crippen LogP contribution >= 0.6 is 0 Å². The number of rotatable bonds is 0. The van der Waals surface area contributed by atoms with Gasteiger partial charge in [0.15, 0.2) is 17.9 Å². The third-order valence-electron chi connectivity index (χ3n) is 1.49. The van der Waals surface area contributed by atoms with Gasteiger partial charge in [-0.1, -0.05) is 6.07 Å². The highest BCUT2D eigenvalue weighted by atomic mass is 15.0. The van der Waals surface area contributed by atoms with E-state index in [0.29, 0.717) is 0 Å². The highest BCUT2D eigenvalue weighted by Gasteiger charge is 2.19. The molecule has 0 saturated carbocycles. The molecular formula is C9H14N+. The first kappa shape index (κ1) is 7.26. The van der Waals surface area contributed by atoms with E-state index in [4.69, 9.17) is 0 Å². The minimum absolute atomic E-state index is 0.210. The summed E-state index contributed by atoms with van der Waals surface area (Å²) in [7, 11) is 0. The zero-order valence-electron chi connectivity index (χ0n) is 6.83. The zero-order chi connectivity index (χ0) is 7.61. The zero-order valence-corrected chi connectivity index (χ0v) is 6.83. The molecule has 1 rings (SSSR count). The summed E-state index contributed by atoms with van der Waals surface area (Å²) in [5.41, 5.74) is 0.210. The van der Waals surface area contributed by atoms with Gasteiger partial charge >= 0.3 is 0 Å². The summed E-state index contributed by atoms with van der Waals surface area (Å²) in [5, 5.41) is 0. The molecular weight excluding hydrogens is 122 g/mol. The van der Waals surface area contributed by atoms with Gasteiger partial charge < -0.3 is 0 Å². The Hall–Kier alpha value is -0.850. The Morgan fingerprint density at radius 2 is 1.40 bits per heavy atom. The number of pyridine rings is 1. The first-order valence-electron chi connectivity index (χ1n) is 3.57. The Balaban J connectivity index is 2.97. The Morgan fingerprint density at radius 3 is 1.70 bits per heavy atom. The Kier molecular flexibility index (Phi) is 1.75. The van der Waals surface area contributed by atoms with Crippen LogP contribution in [0.25, 0.3) is 0 Å². The van der Waals surface area contributed by atoms with Crippen LogP contribution < -0.4 is 4.57 Å². The van der Waals surface area contributed by atoms with Gasteiger partial charge in [-0.2, -0.15) is 0 Å². The van der Waals surface area contributed by atoms with E-state index in [1.165, 1.54) is 0 Å². The van der Waals surface area contributed by atoms with Crippen LogP contribution in [0.5, 0.6) is 0 Å². The van der Waals surface area contributed by atoms with Gasteiger partial charge in [0.2, 0.25) is 0 Å². The van der Waals surface area contributed by atoms with Gasteiger partial charge in [0, 0.05) is 32.9 Å². The van der Waals surface area contributed by atoms with Crippen LogP contribution in [0, 0.1) is 0 Å². The monoisotopic (exact) mass is 136 g/mol. The van der Waals surface area contributed by atoms with Crippen LogP contribution in [0.15, 0.2) is 30.6 Å². The van der Waals surface area contributed by atoms with Crippen LogP contribution in [0.3, 0.4) is 0 Å². The SMILES string of the molecule is CC(C)(C)[n+]1ccccc1. The minimum atomic E-state index is 0.210. The lowest BCUT2D eigenvalue weighted by atomic mass is 10.1. The molecule has 0 atom stereocenters. The molecule has 1 heterocycles. The van der Waals surface area contributed by atoms with Crippen molar-refractivity contribution in [1.29, 1.82) is 0 Å². The van der Waals surface area contributed by atoms with Crippen molar-refractivity contribution in [2.75, 3.05) is 0 Å². The van der Waals surface area contributed by atoms with E-state index >= 15 is 0 Å². The lowest BCUT2D eigenvalue weighted by Gasteiger charge is -2.11. The van der Waals surface area contributed by atoms with E-state index in [2.05, 4.69) is 37.7 Å². The average molecular weight is 136 g/mol. The largest absolute Gasteiger partial charge is 0.201 e. The van der Waals surface area contributed by atoms with E-state index in [0.717, 1.165) is 0 Å². The van der Waals surface area contributed by atoms with Crippen molar-refractivity contribution in [1.82, 2.24) is 0 Å². The van der Waals surface area contributed by atoms with Crippen LogP contribution in [0.1, 0.15) is 20.8 Å². The Bertz CT molecular complexity index is 196. The molecule has 1 heteroatoms. The van der Waals surface area contributed by atoms with Crippen LogP contribution in [0.2, 0.25) is 0 Å². The summed E-state index contributed by atoms with van der Waals surface area (Å²) >= 11 is 0. The molecule has 1 nitrogen and oxygen atoms in total. The van der Waals surface area contributed by atoms with Gasteiger partial charge in [-0.25, -0.2) is 4.57 Å². The molecule has 1 aromatic heterocycles. The van der Waals surface area contributed by atoms with Crippen molar-refractivity contribution in [3.8, 4) is 0 Å². The van der Waals surface area contributed by atoms with Gasteiger partial charge in [-0.05, 0) is 0 Å². The second kappa shape index (κ2) is 2.41. The molecule has 0 aliphatic rings. The molecule has 0 aliphatic carbocycles. The van der Waals surface area contributed by atoms with Crippen molar-refractivity contribution in [3.05, 3.63) is 30.6 Å². The summed E-state index contributed by atoms with van der Waals surface area (Å²) in [6, 6.07) is 6.12. The Labute approximate surface area is 62.3 Å². The summed E-state index contributed by atoms with van der Waals surface area (Å²) in [5.74, 6) is 0. The van der Waals surface area contributed by atoms with Crippen molar-refractivity contribution in [2.45, 2.75) is 26.3 Å². The molecule has 0 bridgehead atoms. The van der Waals surface area contributed by atoms with E-state index in [1.54, 1.807) is 0 Å². The first-order chi connectivity index (χ1) is 4.61. The first-order valence-corrected chi connectivity index (χ1v) is 3.57. The van der Waals surface area contributed by atoms with Crippen LogP contribution in [-0.2, 0) is 5.54 Å². The van der Waals surface area contributed by atoms with E-state index in [9.17, 15) is 0 Å². The van der Waals surface area contributed by atoms with E-state index in [-0.39, 0.29) is 5.54 Å². The van der Waals surface area contributed by atoms with Crippen molar-refractivity contribution in [3.63, 3.8) is 0 Å². The number of nitrogens with zero attached hydrogens (tertiary/aromatic N) is 1. The third-order valence-corrected chi connectivity index (χ3v) is 1.49. The molecule has 0 spiro atoms. The maximum atomic E-state index is 2.19. The molecule has 0 aliphatic heterocycles. The predicted molar refractivity (Wildman–Crippen MR) is 41.6 cm³/mol. The lowest BCUT2D eigenvalue weighted by molar-refractivity contribution is -0.754. The average Bonchev–Trinajstić information content (AvgIpc) is 1.88. The molecule has 0 radical (unpaired) electrons. The minimum Gasteiger partial charge on any atom is -0.201 e. The molecule has 1 aromatic rings. The molecule has 0 fully saturated rings. The van der Waals surface area contributed by atoms with Gasteiger partial charge in [-0.15, -0.1) is 0 Å². The highest BCUT2D eigenvalue weighted by molar-refractivity contribution is 4.84. The maximum absolute atomic E-state index is 2.19. The standard InChI is InChI=1S/C9H14N/c1-9(2,3)10-7-5-4-6-8-10/h4-8H,1-3H3/q+1. The van der Waals surface area contributed by atoms with Crippen molar-refractivity contribution in [2.24, 2.45) is 0 Å². The number of hydrogen-bond donors (Lipinski definition) is 0. The van der Waals surface area contributed by atoms with Gasteiger partial charge in [0.1, 0.15) is 0 Å². The van der Waals surface area contributed by atoms with Crippen LogP contribution in [0.4, 0.5) is 0 Å². The fraction of sp³-hybridized carbons (Fsp3) is 0.444. The smallest absolute Gasteiger partial charge is 0.169 e. The van der Waals surface area contributed by atoms with Gasteiger partial charge in [-0.3, -0.25) is 0 Å². The van der Waals surface area contributed by atoms with Crippen LogP contribution in [-0.4, -0.2) is 0 Å². The maximum Gasteiger partial charge on any atom is 0.169 e. The third kappa shape index (κ3) is 1.56. The fourth-order valence-electron chi connectivity index (χ4n) is 0.846. The van der Waals surface area contributed by atoms with Gasteiger partial charge in [0.05, 0.1) is 0 Å². The molecule has 0 unspecified atom stereocenters. The number of aromatic nitrogens is 1. The summed E-state index contributed by atoms with van der Waals surface area (Å²) in [6.45, 7) is 6.56. The molecule has 0 amide bonds. The Morgan fingerprint density at radius 1 is 0.900 bits per heavy atom. The molecule has 0 aromatic carbocycles. The summed E-state index contributed by atoms with van der Waals surface area (Å²) in [4.78, 5) is 0. The van der Waals surface area contributed by atoms with E-state index < -0.39 is 0 Å². The second-order valence-corrected chi connectivity index (χ2v) is 3.45. The predicted octanol–water partition coefficient (Wildman–Crippen LogP) is 1.73.